The Kier molecular flexibility index (Phi) is 2.86. The van der Waals surface area contributed by atoms with Crippen LogP contribution in [-0.2, 0) is 0 Å². The van der Waals surface area contributed by atoms with Gasteiger partial charge in [0.1, 0.15) is 12.4 Å². The largest absolute Gasteiger partial charge is 0.351 e. The van der Waals surface area contributed by atoms with E-state index in [4.69, 9.17) is 0 Å². The van der Waals surface area contributed by atoms with E-state index in [1.165, 1.54) is 0 Å². The summed E-state index contributed by atoms with van der Waals surface area (Å²) in [5.41, 5.74) is -0.229. The summed E-state index contributed by atoms with van der Waals surface area (Å²) in [4.78, 5) is 17.1. The Morgan fingerprint density at radius 2 is 2.12 bits per heavy atom. The maximum Gasteiger partial charge on any atom is 0.305 e. The van der Waals surface area contributed by atoms with Crippen LogP contribution in [0.4, 0.5) is 20.4 Å². The van der Waals surface area contributed by atoms with E-state index in [1.54, 1.807) is 0 Å². The molecule has 1 atom stereocenters. The van der Waals surface area contributed by atoms with Crippen LogP contribution in [0.3, 0.4) is 0 Å². The molecule has 1 aliphatic carbocycles. The van der Waals surface area contributed by atoms with Gasteiger partial charge >= 0.3 is 5.69 Å². The lowest BCUT2D eigenvalue weighted by Crippen LogP contribution is -2.20. The normalized spacial score (nSPS) is 22.4. The number of anilines is 1. The number of hydrogen-bond donors (Lipinski definition) is 1. The summed E-state index contributed by atoms with van der Waals surface area (Å²) in [7, 11) is 0. The Bertz CT molecular complexity index is 424. The molecule has 6 nitrogen and oxygen atoms in total. The van der Waals surface area contributed by atoms with Crippen molar-refractivity contribution in [1.82, 2.24) is 9.97 Å². The van der Waals surface area contributed by atoms with Crippen LogP contribution in [0.25, 0.3) is 0 Å². The lowest BCUT2D eigenvalue weighted by molar-refractivity contribution is -0.385. The third kappa shape index (κ3) is 2.83. The Balaban J connectivity index is 1.98. The van der Waals surface area contributed by atoms with Gasteiger partial charge in [0.25, 0.3) is 0 Å². The van der Waals surface area contributed by atoms with Gasteiger partial charge in [0, 0.05) is 18.9 Å². The molecular formula is C9H10F2N4O2. The summed E-state index contributed by atoms with van der Waals surface area (Å²) in [6.07, 6.45) is 2.02. The summed E-state index contributed by atoms with van der Waals surface area (Å²) >= 11 is 0. The van der Waals surface area contributed by atoms with Crippen LogP contribution in [0.5, 0.6) is 0 Å². The van der Waals surface area contributed by atoms with Crippen LogP contribution >= 0.6 is 0 Å². The lowest BCUT2D eigenvalue weighted by atomic mass is 10.2. The predicted octanol–water partition coefficient (Wildman–Crippen LogP) is 1.98. The fourth-order valence-electron chi connectivity index (χ4n) is 1.75. The molecule has 1 aromatic rings. The first-order chi connectivity index (χ1) is 7.96. The first-order valence-electron chi connectivity index (χ1n) is 5.07. The molecule has 1 saturated carbocycles. The number of nitrogens with one attached hydrogen (secondary N) is 1. The van der Waals surface area contributed by atoms with Crippen LogP contribution in [0.1, 0.15) is 19.3 Å². The molecule has 1 fully saturated rings. The SMILES string of the molecule is O=[N+]([O-])c1cnc(N[C@@H]2CCC(F)(F)C2)nc1. The summed E-state index contributed by atoms with van der Waals surface area (Å²) < 4.78 is 25.8. The first-order valence-corrected chi connectivity index (χ1v) is 5.07. The van der Waals surface area contributed by atoms with Gasteiger partial charge in [-0.25, -0.2) is 18.7 Å². The van der Waals surface area contributed by atoms with E-state index in [2.05, 4.69) is 15.3 Å². The predicted molar refractivity (Wildman–Crippen MR) is 54.9 cm³/mol. The minimum atomic E-state index is -2.64. The van der Waals surface area contributed by atoms with E-state index in [-0.39, 0.29) is 30.5 Å². The Morgan fingerprint density at radius 1 is 1.47 bits per heavy atom. The highest BCUT2D eigenvalue weighted by atomic mass is 19.3. The minimum absolute atomic E-state index is 0.137. The maximum atomic E-state index is 12.9. The van der Waals surface area contributed by atoms with Gasteiger partial charge in [-0.2, -0.15) is 0 Å². The van der Waals surface area contributed by atoms with E-state index in [0.29, 0.717) is 6.42 Å². The Labute approximate surface area is 95.2 Å². The number of nitrogens with zero attached hydrogens (tertiary/aromatic N) is 3. The van der Waals surface area contributed by atoms with E-state index in [9.17, 15) is 18.9 Å². The van der Waals surface area contributed by atoms with Crippen LogP contribution in [0, 0.1) is 10.1 Å². The van der Waals surface area contributed by atoms with Crippen molar-refractivity contribution in [3.63, 3.8) is 0 Å². The number of halogens is 2. The van der Waals surface area contributed by atoms with Crippen LogP contribution in [-0.4, -0.2) is 26.9 Å². The fourth-order valence-corrected chi connectivity index (χ4v) is 1.75. The molecule has 0 bridgehead atoms. The molecule has 0 unspecified atom stereocenters. The molecule has 0 spiro atoms. The Hall–Kier alpha value is -1.86. The van der Waals surface area contributed by atoms with Crippen LogP contribution in [0.2, 0.25) is 0 Å². The fraction of sp³-hybridized carbons (Fsp3) is 0.556. The van der Waals surface area contributed by atoms with Gasteiger partial charge < -0.3 is 5.32 Å². The molecule has 0 saturated heterocycles. The number of rotatable bonds is 3. The molecule has 0 radical (unpaired) electrons. The van der Waals surface area contributed by atoms with E-state index < -0.39 is 10.8 Å². The third-order valence-electron chi connectivity index (χ3n) is 2.59. The number of alkyl halides is 2. The third-order valence-corrected chi connectivity index (χ3v) is 2.59. The second kappa shape index (κ2) is 4.19. The Morgan fingerprint density at radius 3 is 2.59 bits per heavy atom. The zero-order valence-corrected chi connectivity index (χ0v) is 8.77. The standard InChI is InChI=1S/C9H10F2N4O2/c10-9(11)2-1-6(3-9)14-8-12-4-7(5-13-8)15(16)17/h4-6H,1-3H2,(H,12,13,14)/t6-/m1/s1. The second-order valence-electron chi connectivity index (χ2n) is 3.96. The van der Waals surface area contributed by atoms with Crippen molar-refractivity contribution in [3.05, 3.63) is 22.5 Å². The van der Waals surface area contributed by atoms with Crippen molar-refractivity contribution in [1.29, 1.82) is 0 Å². The molecule has 1 N–H and O–H groups in total. The number of hydrogen-bond acceptors (Lipinski definition) is 5. The van der Waals surface area contributed by atoms with Crippen molar-refractivity contribution >= 4 is 11.6 Å². The molecule has 0 amide bonds. The molecule has 17 heavy (non-hydrogen) atoms. The molecule has 0 aromatic carbocycles. The highest BCUT2D eigenvalue weighted by molar-refractivity contribution is 5.31. The van der Waals surface area contributed by atoms with E-state index in [0.717, 1.165) is 12.4 Å². The van der Waals surface area contributed by atoms with Gasteiger partial charge in [-0.3, -0.25) is 10.1 Å². The van der Waals surface area contributed by atoms with Gasteiger partial charge in [0.2, 0.25) is 11.9 Å². The summed E-state index contributed by atoms with van der Waals surface area (Å²) in [6.45, 7) is 0. The van der Waals surface area contributed by atoms with Gasteiger partial charge in [0.15, 0.2) is 0 Å². The zero-order chi connectivity index (χ0) is 12.5. The second-order valence-corrected chi connectivity index (χ2v) is 3.96. The molecular weight excluding hydrogens is 234 g/mol. The van der Waals surface area contributed by atoms with Crippen molar-refractivity contribution in [2.75, 3.05) is 5.32 Å². The maximum absolute atomic E-state index is 12.9. The molecule has 0 aliphatic heterocycles. The van der Waals surface area contributed by atoms with Gasteiger partial charge in [-0.1, -0.05) is 0 Å². The molecule has 2 rings (SSSR count). The van der Waals surface area contributed by atoms with Crippen LogP contribution in [0.15, 0.2) is 12.4 Å². The molecule has 92 valence electrons. The monoisotopic (exact) mass is 244 g/mol. The quantitative estimate of drug-likeness (QED) is 0.649. The zero-order valence-electron chi connectivity index (χ0n) is 8.77. The molecule has 8 heteroatoms. The van der Waals surface area contributed by atoms with Gasteiger partial charge in [-0.05, 0) is 6.42 Å². The molecule has 1 aliphatic rings. The van der Waals surface area contributed by atoms with Crippen molar-refractivity contribution < 1.29 is 13.7 Å². The minimum Gasteiger partial charge on any atom is -0.351 e. The topological polar surface area (TPSA) is 81.0 Å². The molecule has 1 aromatic heterocycles. The smallest absolute Gasteiger partial charge is 0.305 e. The average Bonchev–Trinajstić information content (AvgIpc) is 2.59. The van der Waals surface area contributed by atoms with Crippen molar-refractivity contribution in [2.24, 2.45) is 0 Å². The summed E-state index contributed by atoms with van der Waals surface area (Å²) in [6, 6.07) is -0.383. The van der Waals surface area contributed by atoms with Crippen LogP contribution < -0.4 is 5.32 Å². The highest BCUT2D eigenvalue weighted by Crippen LogP contribution is 2.35. The van der Waals surface area contributed by atoms with E-state index in [1.807, 2.05) is 0 Å². The average molecular weight is 244 g/mol. The molecule has 1 heterocycles. The van der Waals surface area contributed by atoms with E-state index >= 15 is 0 Å². The lowest BCUT2D eigenvalue weighted by Gasteiger charge is -2.12. The first kappa shape index (κ1) is 11.6. The van der Waals surface area contributed by atoms with Gasteiger partial charge in [0.05, 0.1) is 4.92 Å². The summed E-state index contributed by atoms with van der Waals surface area (Å²) in [5.74, 6) is -2.50. The van der Waals surface area contributed by atoms with Crippen molar-refractivity contribution in [3.8, 4) is 0 Å². The van der Waals surface area contributed by atoms with Crippen molar-refractivity contribution in [2.45, 2.75) is 31.2 Å². The summed E-state index contributed by atoms with van der Waals surface area (Å²) in [5, 5.41) is 13.1. The number of nitro groups is 1. The van der Waals surface area contributed by atoms with Gasteiger partial charge in [-0.15, -0.1) is 0 Å². The highest BCUT2D eigenvalue weighted by Gasteiger charge is 2.39. The number of aromatic nitrogens is 2.